The fourth-order valence-corrected chi connectivity index (χ4v) is 3.86. The molecule has 0 aromatic heterocycles. The second-order valence-corrected chi connectivity index (χ2v) is 7.14. The van der Waals surface area contributed by atoms with Gasteiger partial charge in [-0.1, -0.05) is 12.8 Å². The van der Waals surface area contributed by atoms with E-state index in [0.717, 1.165) is 24.1 Å². The zero-order chi connectivity index (χ0) is 12.3. The van der Waals surface area contributed by atoms with Gasteiger partial charge in [0.25, 0.3) is 0 Å². The summed E-state index contributed by atoms with van der Waals surface area (Å²) < 4.78 is 0. The minimum atomic E-state index is -0.550. The average molecular weight is 257 g/mol. The molecule has 0 bridgehead atoms. The van der Waals surface area contributed by atoms with Gasteiger partial charge >= 0.3 is 0 Å². The van der Waals surface area contributed by atoms with Crippen LogP contribution in [0, 0.1) is 11.8 Å². The first-order chi connectivity index (χ1) is 8.11. The van der Waals surface area contributed by atoms with Crippen molar-refractivity contribution in [3.8, 4) is 0 Å². The first-order valence-corrected chi connectivity index (χ1v) is 8.45. The molecule has 2 saturated carbocycles. The van der Waals surface area contributed by atoms with Crippen LogP contribution in [0.2, 0.25) is 0 Å². The summed E-state index contributed by atoms with van der Waals surface area (Å²) in [5.41, 5.74) is -0.550. The predicted octanol–water partition coefficient (Wildman–Crippen LogP) is 2.66. The van der Waals surface area contributed by atoms with Crippen LogP contribution >= 0.6 is 11.8 Å². The van der Waals surface area contributed by atoms with Gasteiger partial charge in [0.1, 0.15) is 0 Å². The van der Waals surface area contributed by atoms with E-state index in [2.05, 4.69) is 11.6 Å². The zero-order valence-corrected chi connectivity index (χ0v) is 12.1. The van der Waals surface area contributed by atoms with Crippen molar-refractivity contribution in [2.24, 2.45) is 11.8 Å². The summed E-state index contributed by atoms with van der Waals surface area (Å²) in [6.45, 7) is 2.69. The highest BCUT2D eigenvalue weighted by atomic mass is 32.2. The van der Waals surface area contributed by atoms with E-state index in [1.54, 1.807) is 11.8 Å². The number of hydrogen-bond acceptors (Lipinski definition) is 3. The molecule has 0 radical (unpaired) electrons. The lowest BCUT2D eigenvalue weighted by Gasteiger charge is -2.32. The topological polar surface area (TPSA) is 32.3 Å². The van der Waals surface area contributed by atoms with Crippen molar-refractivity contribution in [3.05, 3.63) is 0 Å². The molecular formula is C14H27NOS. The molecule has 2 aliphatic rings. The van der Waals surface area contributed by atoms with E-state index >= 15 is 0 Å². The van der Waals surface area contributed by atoms with Gasteiger partial charge in [0.05, 0.1) is 5.60 Å². The molecule has 3 heteroatoms. The molecular weight excluding hydrogens is 230 g/mol. The molecule has 0 aliphatic heterocycles. The average Bonchev–Trinajstić information content (AvgIpc) is 3.11. The van der Waals surface area contributed by atoms with Crippen molar-refractivity contribution in [3.63, 3.8) is 0 Å². The number of rotatable bonds is 6. The summed E-state index contributed by atoms with van der Waals surface area (Å²) in [6.07, 6.45) is 10.5. The Morgan fingerprint density at radius 3 is 2.65 bits per heavy atom. The maximum atomic E-state index is 10.1. The predicted molar refractivity (Wildman–Crippen MR) is 75.5 cm³/mol. The van der Waals surface area contributed by atoms with Crippen LogP contribution < -0.4 is 5.32 Å². The van der Waals surface area contributed by atoms with E-state index in [1.807, 2.05) is 6.92 Å². The Hall–Kier alpha value is 0.270. The van der Waals surface area contributed by atoms with Gasteiger partial charge in [-0.15, -0.1) is 0 Å². The first-order valence-electron chi connectivity index (χ1n) is 7.05. The fourth-order valence-electron chi connectivity index (χ4n) is 3.13. The second-order valence-electron chi connectivity index (χ2n) is 6.27. The quantitative estimate of drug-likeness (QED) is 0.767. The Labute approximate surface area is 110 Å². The summed E-state index contributed by atoms with van der Waals surface area (Å²) >= 11 is 1.72. The lowest BCUT2D eigenvalue weighted by molar-refractivity contribution is 0.0773. The molecule has 3 atom stereocenters. The summed E-state index contributed by atoms with van der Waals surface area (Å²) in [5, 5.41) is 13.7. The van der Waals surface area contributed by atoms with E-state index in [-0.39, 0.29) is 0 Å². The van der Waals surface area contributed by atoms with E-state index in [1.165, 1.54) is 38.5 Å². The van der Waals surface area contributed by atoms with Gasteiger partial charge in [0.15, 0.2) is 0 Å². The largest absolute Gasteiger partial charge is 0.388 e. The molecule has 2 rings (SSSR count). The molecule has 2 aliphatic carbocycles. The summed E-state index contributed by atoms with van der Waals surface area (Å²) in [5.74, 6) is 2.84. The normalized spacial score (nSPS) is 33.4. The molecule has 3 unspecified atom stereocenters. The Morgan fingerprint density at radius 1 is 1.24 bits per heavy atom. The highest BCUT2D eigenvalue weighted by Gasteiger charge is 2.35. The number of hydrogen-bond donors (Lipinski definition) is 2. The molecule has 0 spiro atoms. The number of thioether (sulfide) groups is 1. The zero-order valence-electron chi connectivity index (χ0n) is 11.2. The third kappa shape index (κ3) is 4.46. The molecule has 0 saturated heterocycles. The van der Waals surface area contributed by atoms with E-state index in [4.69, 9.17) is 0 Å². The fraction of sp³-hybridized carbons (Fsp3) is 1.00. The summed E-state index contributed by atoms with van der Waals surface area (Å²) in [6, 6.07) is 0.655. The minimum absolute atomic E-state index is 0.550. The van der Waals surface area contributed by atoms with Crippen molar-refractivity contribution in [2.45, 2.75) is 57.1 Å². The van der Waals surface area contributed by atoms with E-state index in [9.17, 15) is 5.11 Å². The molecule has 100 valence electrons. The highest BCUT2D eigenvalue weighted by molar-refractivity contribution is 7.98. The van der Waals surface area contributed by atoms with Gasteiger partial charge in [-0.05, 0) is 50.7 Å². The lowest BCUT2D eigenvalue weighted by atomic mass is 9.82. The number of aliphatic hydroxyl groups is 1. The van der Waals surface area contributed by atoms with Crippen molar-refractivity contribution in [2.75, 3.05) is 18.6 Å². The SMILES string of the molecule is CSCC(C)(O)CNC1CCCC(C2CC2)C1. The monoisotopic (exact) mass is 257 g/mol. The van der Waals surface area contributed by atoms with E-state index in [0.29, 0.717) is 6.04 Å². The minimum Gasteiger partial charge on any atom is -0.388 e. The van der Waals surface area contributed by atoms with Crippen LogP contribution in [0.4, 0.5) is 0 Å². The van der Waals surface area contributed by atoms with Gasteiger partial charge in [0, 0.05) is 18.3 Å². The molecule has 0 aromatic carbocycles. The number of nitrogens with one attached hydrogen (secondary N) is 1. The van der Waals surface area contributed by atoms with Crippen LogP contribution in [-0.2, 0) is 0 Å². The molecule has 2 fully saturated rings. The Bertz CT molecular complexity index is 240. The van der Waals surface area contributed by atoms with Gasteiger partial charge in [-0.2, -0.15) is 11.8 Å². The van der Waals surface area contributed by atoms with Crippen LogP contribution in [0.1, 0.15) is 45.4 Å². The van der Waals surface area contributed by atoms with Gasteiger partial charge < -0.3 is 10.4 Å². The molecule has 2 N–H and O–H groups in total. The Morgan fingerprint density at radius 2 is 2.00 bits per heavy atom. The summed E-state index contributed by atoms with van der Waals surface area (Å²) in [4.78, 5) is 0. The highest BCUT2D eigenvalue weighted by Crippen LogP contribution is 2.43. The van der Waals surface area contributed by atoms with Crippen LogP contribution in [0.5, 0.6) is 0 Å². The first kappa shape index (κ1) is 13.7. The lowest BCUT2D eigenvalue weighted by Crippen LogP contribution is -2.45. The smallest absolute Gasteiger partial charge is 0.0833 e. The summed E-state index contributed by atoms with van der Waals surface area (Å²) in [7, 11) is 0. The van der Waals surface area contributed by atoms with Crippen LogP contribution in [0.25, 0.3) is 0 Å². The second kappa shape index (κ2) is 5.94. The molecule has 0 heterocycles. The maximum Gasteiger partial charge on any atom is 0.0833 e. The van der Waals surface area contributed by atoms with Crippen LogP contribution in [0.15, 0.2) is 0 Å². The van der Waals surface area contributed by atoms with Gasteiger partial charge in [0.2, 0.25) is 0 Å². The van der Waals surface area contributed by atoms with Crippen molar-refractivity contribution < 1.29 is 5.11 Å². The van der Waals surface area contributed by atoms with E-state index < -0.39 is 5.60 Å². The van der Waals surface area contributed by atoms with Gasteiger partial charge in [-0.3, -0.25) is 0 Å². The maximum absolute atomic E-state index is 10.1. The molecule has 0 aromatic rings. The van der Waals surface area contributed by atoms with Crippen LogP contribution in [0.3, 0.4) is 0 Å². The van der Waals surface area contributed by atoms with Crippen molar-refractivity contribution >= 4 is 11.8 Å². The third-order valence-electron chi connectivity index (χ3n) is 4.23. The Kier molecular flexibility index (Phi) is 4.79. The molecule has 17 heavy (non-hydrogen) atoms. The Balaban J connectivity index is 1.71. The van der Waals surface area contributed by atoms with Crippen molar-refractivity contribution in [1.82, 2.24) is 5.32 Å². The standard InChI is InChI=1S/C14H27NOS/c1-14(16,10-17-2)9-15-13-5-3-4-12(8-13)11-6-7-11/h11-13,15-16H,3-10H2,1-2H3. The van der Waals surface area contributed by atoms with Crippen molar-refractivity contribution in [1.29, 1.82) is 0 Å². The molecule has 0 amide bonds. The molecule has 2 nitrogen and oxygen atoms in total. The van der Waals surface area contributed by atoms with Crippen LogP contribution in [-0.4, -0.2) is 35.3 Å². The third-order valence-corrected chi connectivity index (χ3v) is 5.14. The van der Waals surface area contributed by atoms with Gasteiger partial charge in [-0.25, -0.2) is 0 Å².